The maximum Gasteiger partial charge on any atom is 0.407 e. The zero-order valence-corrected chi connectivity index (χ0v) is 19.6. The Morgan fingerprint density at radius 2 is 1.59 bits per heavy atom. The van der Waals surface area contributed by atoms with Gasteiger partial charge in [-0.1, -0.05) is 48.5 Å². The second-order valence-electron chi connectivity index (χ2n) is 8.50. The summed E-state index contributed by atoms with van der Waals surface area (Å²) in [5.74, 6) is -1.37. The predicted octanol–water partition coefficient (Wildman–Crippen LogP) is 3.69. The van der Waals surface area contributed by atoms with Crippen LogP contribution < -0.4 is 10.6 Å². The zero-order valence-electron chi connectivity index (χ0n) is 19.6. The summed E-state index contributed by atoms with van der Waals surface area (Å²) in [4.78, 5) is 36.2. The lowest BCUT2D eigenvalue weighted by Gasteiger charge is -2.22. The van der Waals surface area contributed by atoms with E-state index in [9.17, 15) is 14.4 Å². The molecule has 3 N–H and O–H groups in total. The van der Waals surface area contributed by atoms with Gasteiger partial charge in [-0.3, -0.25) is 9.59 Å². The van der Waals surface area contributed by atoms with E-state index in [4.69, 9.17) is 14.6 Å². The average molecular weight is 469 g/mol. The minimum Gasteiger partial charge on any atom is -0.481 e. The molecule has 0 radical (unpaired) electrons. The van der Waals surface area contributed by atoms with E-state index in [0.717, 1.165) is 22.3 Å². The molecule has 8 nitrogen and oxygen atoms in total. The molecule has 3 rings (SSSR count). The van der Waals surface area contributed by atoms with Crippen molar-refractivity contribution in [1.82, 2.24) is 10.6 Å². The molecule has 0 bridgehead atoms. The zero-order chi connectivity index (χ0) is 24.5. The van der Waals surface area contributed by atoms with Gasteiger partial charge in [-0.15, -0.1) is 0 Å². The van der Waals surface area contributed by atoms with Crippen molar-refractivity contribution in [2.75, 3.05) is 20.3 Å². The SMILES string of the molecule is COCCCC(NC(=O)OCC1c2ccccc2-c2ccccc21)C(=O)NC(C)CCC(=O)O. The van der Waals surface area contributed by atoms with Gasteiger partial charge in [0.25, 0.3) is 0 Å². The average Bonchev–Trinajstić information content (AvgIpc) is 3.14. The van der Waals surface area contributed by atoms with Gasteiger partial charge in [0, 0.05) is 32.1 Å². The van der Waals surface area contributed by atoms with Gasteiger partial charge in [-0.2, -0.15) is 0 Å². The number of carboxylic acids is 1. The van der Waals surface area contributed by atoms with Crippen LogP contribution in [0.4, 0.5) is 4.79 Å². The number of benzene rings is 2. The first-order chi connectivity index (χ1) is 16.4. The maximum atomic E-state index is 12.7. The van der Waals surface area contributed by atoms with Crippen LogP contribution in [0.1, 0.15) is 49.7 Å². The standard InChI is InChI=1S/C26H32N2O6/c1-17(13-14-24(29)30)27-25(31)23(12-7-15-33-2)28-26(32)34-16-22-20-10-5-3-8-18(20)19-9-4-6-11-21(19)22/h3-6,8-11,17,22-23H,7,12-16H2,1-2H3,(H,27,31)(H,28,32)(H,29,30). The number of nitrogens with one attached hydrogen (secondary N) is 2. The molecule has 0 saturated heterocycles. The van der Waals surface area contributed by atoms with Crippen LogP contribution in [0, 0.1) is 0 Å². The molecule has 0 fully saturated rings. The minimum atomic E-state index is -0.922. The second kappa shape index (κ2) is 12.2. The van der Waals surface area contributed by atoms with E-state index >= 15 is 0 Å². The highest BCUT2D eigenvalue weighted by Gasteiger charge is 2.30. The number of aliphatic carboxylic acids is 1. The first kappa shape index (κ1) is 25.2. The van der Waals surface area contributed by atoms with Gasteiger partial charge < -0.3 is 25.2 Å². The van der Waals surface area contributed by atoms with Crippen LogP contribution in [0.5, 0.6) is 0 Å². The lowest BCUT2D eigenvalue weighted by Crippen LogP contribution is -2.49. The molecule has 34 heavy (non-hydrogen) atoms. The molecule has 0 spiro atoms. The van der Waals surface area contributed by atoms with E-state index in [2.05, 4.69) is 22.8 Å². The molecular formula is C26H32N2O6. The van der Waals surface area contributed by atoms with E-state index < -0.39 is 18.1 Å². The first-order valence-corrected chi connectivity index (χ1v) is 11.5. The smallest absolute Gasteiger partial charge is 0.407 e. The van der Waals surface area contributed by atoms with Gasteiger partial charge >= 0.3 is 12.1 Å². The van der Waals surface area contributed by atoms with E-state index in [1.165, 1.54) is 0 Å². The third-order valence-corrected chi connectivity index (χ3v) is 5.97. The fourth-order valence-electron chi connectivity index (χ4n) is 4.24. The number of amides is 2. The van der Waals surface area contributed by atoms with Crippen molar-refractivity contribution in [3.63, 3.8) is 0 Å². The Labute approximate surface area is 199 Å². The quantitative estimate of drug-likeness (QED) is 0.410. The van der Waals surface area contributed by atoms with Crippen LogP contribution in [0.25, 0.3) is 11.1 Å². The molecular weight excluding hydrogens is 436 g/mol. The van der Waals surface area contributed by atoms with Crippen LogP contribution in [-0.2, 0) is 19.1 Å². The third kappa shape index (κ3) is 6.57. The summed E-state index contributed by atoms with van der Waals surface area (Å²) >= 11 is 0. The molecule has 2 unspecified atom stereocenters. The molecule has 0 aromatic heterocycles. The highest BCUT2D eigenvalue weighted by molar-refractivity contribution is 5.86. The van der Waals surface area contributed by atoms with Crippen molar-refractivity contribution in [2.24, 2.45) is 0 Å². The van der Waals surface area contributed by atoms with Crippen LogP contribution >= 0.6 is 0 Å². The summed E-state index contributed by atoms with van der Waals surface area (Å²) in [5, 5.41) is 14.3. The molecule has 182 valence electrons. The van der Waals surface area contributed by atoms with Gasteiger partial charge in [0.2, 0.25) is 5.91 Å². The molecule has 2 amide bonds. The Morgan fingerprint density at radius 1 is 0.971 bits per heavy atom. The van der Waals surface area contributed by atoms with Crippen molar-refractivity contribution in [3.8, 4) is 11.1 Å². The molecule has 2 aromatic carbocycles. The molecule has 2 aromatic rings. The summed E-state index contributed by atoms with van der Waals surface area (Å²) in [6.07, 6.45) is 0.529. The minimum absolute atomic E-state index is 0.0460. The molecule has 0 saturated carbocycles. The Kier molecular flexibility index (Phi) is 9.04. The fourth-order valence-corrected chi connectivity index (χ4v) is 4.24. The van der Waals surface area contributed by atoms with E-state index in [-0.39, 0.29) is 30.9 Å². The molecule has 0 aliphatic heterocycles. The molecule has 2 atom stereocenters. The van der Waals surface area contributed by atoms with Crippen LogP contribution in [0.2, 0.25) is 0 Å². The number of methoxy groups -OCH3 is 1. The second-order valence-corrected chi connectivity index (χ2v) is 8.50. The van der Waals surface area contributed by atoms with Crippen LogP contribution in [-0.4, -0.2) is 55.5 Å². The molecule has 0 heterocycles. The summed E-state index contributed by atoms with van der Waals surface area (Å²) < 4.78 is 10.6. The van der Waals surface area contributed by atoms with Crippen molar-refractivity contribution >= 4 is 18.0 Å². The van der Waals surface area contributed by atoms with Crippen molar-refractivity contribution in [1.29, 1.82) is 0 Å². The third-order valence-electron chi connectivity index (χ3n) is 5.97. The predicted molar refractivity (Wildman–Crippen MR) is 128 cm³/mol. The number of hydrogen-bond donors (Lipinski definition) is 3. The Bertz CT molecular complexity index is 963. The van der Waals surface area contributed by atoms with E-state index in [0.29, 0.717) is 25.9 Å². The normalized spacial score (nSPS) is 13.9. The number of rotatable bonds is 12. The van der Waals surface area contributed by atoms with E-state index in [1.807, 2.05) is 36.4 Å². The Hall–Kier alpha value is -3.39. The number of fused-ring (bicyclic) bond motifs is 3. The maximum absolute atomic E-state index is 12.7. The first-order valence-electron chi connectivity index (χ1n) is 11.5. The molecule has 1 aliphatic rings. The molecule has 1 aliphatic carbocycles. The number of carbonyl (C=O) groups is 3. The largest absolute Gasteiger partial charge is 0.481 e. The number of carbonyl (C=O) groups excluding carboxylic acids is 2. The number of alkyl carbamates (subject to hydrolysis) is 1. The monoisotopic (exact) mass is 468 g/mol. The van der Waals surface area contributed by atoms with Gasteiger partial charge in [-0.05, 0) is 48.4 Å². The fraction of sp³-hybridized carbons (Fsp3) is 0.423. The van der Waals surface area contributed by atoms with Crippen molar-refractivity contribution in [3.05, 3.63) is 59.7 Å². The number of hydrogen-bond acceptors (Lipinski definition) is 5. The van der Waals surface area contributed by atoms with Crippen LogP contribution in [0.15, 0.2) is 48.5 Å². The highest BCUT2D eigenvalue weighted by Crippen LogP contribution is 2.44. The summed E-state index contributed by atoms with van der Waals surface area (Å²) in [6.45, 7) is 2.34. The Morgan fingerprint density at radius 3 is 2.18 bits per heavy atom. The number of carboxylic acid groups (broad SMARTS) is 1. The number of ether oxygens (including phenoxy) is 2. The van der Waals surface area contributed by atoms with Crippen LogP contribution in [0.3, 0.4) is 0 Å². The summed E-state index contributed by atoms with van der Waals surface area (Å²) in [6, 6.07) is 15.0. The Balaban J connectivity index is 1.61. The lowest BCUT2D eigenvalue weighted by atomic mass is 9.98. The van der Waals surface area contributed by atoms with Gasteiger partial charge in [0.15, 0.2) is 0 Å². The summed E-state index contributed by atoms with van der Waals surface area (Å²) in [5.41, 5.74) is 4.50. The van der Waals surface area contributed by atoms with E-state index in [1.54, 1.807) is 14.0 Å². The van der Waals surface area contributed by atoms with Crippen molar-refractivity contribution in [2.45, 2.75) is 50.6 Å². The molecule has 8 heteroatoms. The highest BCUT2D eigenvalue weighted by atomic mass is 16.5. The lowest BCUT2D eigenvalue weighted by molar-refractivity contribution is -0.137. The van der Waals surface area contributed by atoms with Gasteiger partial charge in [-0.25, -0.2) is 4.79 Å². The van der Waals surface area contributed by atoms with Crippen molar-refractivity contribution < 1.29 is 29.0 Å². The van der Waals surface area contributed by atoms with Gasteiger partial charge in [0.1, 0.15) is 12.6 Å². The summed E-state index contributed by atoms with van der Waals surface area (Å²) in [7, 11) is 1.57. The topological polar surface area (TPSA) is 114 Å². The van der Waals surface area contributed by atoms with Gasteiger partial charge in [0.05, 0.1) is 0 Å².